The van der Waals surface area contributed by atoms with Crippen molar-refractivity contribution in [2.24, 2.45) is 5.92 Å². The van der Waals surface area contributed by atoms with E-state index < -0.39 is 0 Å². The van der Waals surface area contributed by atoms with E-state index >= 15 is 0 Å². The Hall–Kier alpha value is -3.87. The second-order valence-electron chi connectivity index (χ2n) is 9.74. The van der Waals surface area contributed by atoms with Gasteiger partial charge in [0.25, 0.3) is 0 Å². The predicted octanol–water partition coefficient (Wildman–Crippen LogP) is 5.67. The molecule has 1 N–H and O–H groups in total. The number of hydrogen-bond acceptors (Lipinski definition) is 5. The first-order valence-corrected chi connectivity index (χ1v) is 13.3. The highest BCUT2D eigenvalue weighted by Gasteiger charge is 2.27. The summed E-state index contributed by atoms with van der Waals surface area (Å²) < 4.78 is 7.69. The number of aromatic nitrogens is 3. The molecule has 1 atom stereocenters. The molecule has 7 nitrogen and oxygen atoms in total. The molecule has 0 saturated carbocycles. The van der Waals surface area contributed by atoms with E-state index in [2.05, 4.69) is 47.5 Å². The molecule has 1 fully saturated rings. The van der Waals surface area contributed by atoms with Crippen molar-refractivity contribution in [1.29, 1.82) is 0 Å². The summed E-state index contributed by atoms with van der Waals surface area (Å²) in [7, 11) is 0. The number of anilines is 1. The van der Waals surface area contributed by atoms with Crippen molar-refractivity contribution in [3.05, 3.63) is 78.6 Å². The van der Waals surface area contributed by atoms with Crippen molar-refractivity contribution in [3.8, 4) is 17.0 Å². The summed E-state index contributed by atoms with van der Waals surface area (Å²) in [5, 5.41) is 7.99. The van der Waals surface area contributed by atoms with E-state index in [1.54, 1.807) is 6.20 Å². The zero-order valence-electron chi connectivity index (χ0n) is 21.6. The third-order valence-corrected chi connectivity index (χ3v) is 7.11. The van der Waals surface area contributed by atoms with Crippen molar-refractivity contribution in [2.75, 3.05) is 24.6 Å². The van der Waals surface area contributed by atoms with Gasteiger partial charge in [0.05, 0.1) is 18.3 Å². The quantitative estimate of drug-likeness (QED) is 0.302. The van der Waals surface area contributed by atoms with E-state index in [4.69, 9.17) is 14.8 Å². The maximum absolute atomic E-state index is 12.9. The Morgan fingerprint density at radius 1 is 1.11 bits per heavy atom. The van der Waals surface area contributed by atoms with Crippen molar-refractivity contribution < 1.29 is 9.53 Å². The molecule has 3 heterocycles. The van der Waals surface area contributed by atoms with Crippen LogP contribution in [0, 0.1) is 5.92 Å². The summed E-state index contributed by atoms with van der Waals surface area (Å²) in [6.45, 7) is 6.51. The van der Waals surface area contributed by atoms with Gasteiger partial charge in [-0.2, -0.15) is 5.10 Å². The van der Waals surface area contributed by atoms with Gasteiger partial charge in [-0.05, 0) is 62.1 Å². The molecule has 4 aromatic rings. The molecular weight excluding hydrogens is 462 g/mol. The molecule has 0 bridgehead atoms. The van der Waals surface area contributed by atoms with Crippen LogP contribution in [0.15, 0.2) is 73.1 Å². The number of carbonyl (C=O) groups is 1. The molecule has 1 amide bonds. The summed E-state index contributed by atoms with van der Waals surface area (Å²) in [5.41, 5.74) is 4.04. The van der Waals surface area contributed by atoms with E-state index in [9.17, 15) is 4.79 Å². The van der Waals surface area contributed by atoms with E-state index in [0.717, 1.165) is 79.3 Å². The molecule has 1 aliphatic rings. The molecule has 0 spiro atoms. The van der Waals surface area contributed by atoms with Crippen LogP contribution in [0.5, 0.6) is 5.75 Å². The average molecular weight is 498 g/mol. The second-order valence-corrected chi connectivity index (χ2v) is 9.74. The molecule has 0 unspecified atom stereocenters. The zero-order chi connectivity index (χ0) is 25.6. The smallest absolute Gasteiger partial charge is 0.223 e. The molecule has 5 rings (SSSR count). The van der Waals surface area contributed by atoms with Crippen molar-refractivity contribution in [2.45, 2.75) is 45.6 Å². The summed E-state index contributed by atoms with van der Waals surface area (Å²) in [6, 6.07) is 20.3. The van der Waals surface area contributed by atoms with Crippen LogP contribution >= 0.6 is 0 Å². The molecule has 1 saturated heterocycles. The number of fused-ring (bicyclic) bond motifs is 1. The van der Waals surface area contributed by atoms with Gasteiger partial charge in [0.1, 0.15) is 11.3 Å². The normalized spacial score (nSPS) is 15.0. The van der Waals surface area contributed by atoms with Crippen molar-refractivity contribution in [1.82, 2.24) is 19.9 Å². The molecule has 1 aliphatic heterocycles. The maximum Gasteiger partial charge on any atom is 0.223 e. The Labute approximate surface area is 218 Å². The first kappa shape index (κ1) is 24.8. The third kappa shape index (κ3) is 5.77. The van der Waals surface area contributed by atoms with Crippen LogP contribution in [0.25, 0.3) is 16.8 Å². The number of benzene rings is 2. The molecule has 0 aliphatic carbocycles. The van der Waals surface area contributed by atoms with E-state index in [-0.39, 0.29) is 17.9 Å². The number of piperidine rings is 1. The van der Waals surface area contributed by atoms with Gasteiger partial charge >= 0.3 is 0 Å². The fourth-order valence-electron chi connectivity index (χ4n) is 4.86. The lowest BCUT2D eigenvalue weighted by Gasteiger charge is -2.32. The number of carbonyl (C=O) groups excluding carboxylic acids is 1. The summed E-state index contributed by atoms with van der Waals surface area (Å²) in [4.78, 5) is 19.9. The number of rotatable bonds is 9. The number of unbranched alkanes of at least 4 members (excludes halogenated alkanes) is 1. The van der Waals surface area contributed by atoms with Crippen LogP contribution in [0.2, 0.25) is 0 Å². The molecule has 7 heteroatoms. The van der Waals surface area contributed by atoms with E-state index in [1.807, 2.05) is 48.0 Å². The van der Waals surface area contributed by atoms with Crippen LogP contribution < -0.4 is 15.0 Å². The van der Waals surface area contributed by atoms with E-state index in [0.29, 0.717) is 0 Å². The second kappa shape index (κ2) is 11.5. The zero-order valence-corrected chi connectivity index (χ0v) is 21.6. The minimum Gasteiger partial charge on any atom is -0.494 e. The van der Waals surface area contributed by atoms with Crippen LogP contribution in [-0.2, 0) is 4.79 Å². The third-order valence-electron chi connectivity index (χ3n) is 7.11. The van der Waals surface area contributed by atoms with E-state index in [1.165, 1.54) is 0 Å². The topological polar surface area (TPSA) is 71.8 Å². The van der Waals surface area contributed by atoms with Crippen LogP contribution in [0.1, 0.15) is 51.1 Å². The number of ether oxygens (including phenoxy) is 1. The van der Waals surface area contributed by atoms with Gasteiger partial charge in [-0.15, -0.1) is 0 Å². The molecule has 192 valence electrons. The minimum absolute atomic E-state index is 0.00401. The highest BCUT2D eigenvalue weighted by Crippen LogP contribution is 2.29. The lowest BCUT2D eigenvalue weighted by atomic mass is 9.95. The van der Waals surface area contributed by atoms with Gasteiger partial charge in [0.15, 0.2) is 5.82 Å². The maximum atomic E-state index is 12.9. The van der Waals surface area contributed by atoms with Crippen molar-refractivity contribution in [3.63, 3.8) is 0 Å². The molecular formula is C30H35N5O2. The largest absolute Gasteiger partial charge is 0.494 e. The Bertz CT molecular complexity index is 1310. The fraction of sp³-hybridized carbons (Fsp3) is 0.367. The number of nitrogens with zero attached hydrogens (tertiary/aromatic N) is 4. The number of nitrogens with one attached hydrogen (secondary N) is 1. The lowest BCUT2D eigenvalue weighted by Crippen LogP contribution is -2.41. The Balaban J connectivity index is 1.23. The molecule has 37 heavy (non-hydrogen) atoms. The summed E-state index contributed by atoms with van der Waals surface area (Å²) in [6.07, 6.45) is 7.46. The molecule has 2 aromatic heterocycles. The van der Waals surface area contributed by atoms with Crippen LogP contribution in [-0.4, -0.2) is 40.2 Å². The van der Waals surface area contributed by atoms with Crippen molar-refractivity contribution >= 4 is 17.2 Å². The first-order chi connectivity index (χ1) is 18.1. The van der Waals surface area contributed by atoms with Gasteiger partial charge in [-0.1, -0.05) is 43.7 Å². The van der Waals surface area contributed by atoms with Gasteiger partial charge in [0.2, 0.25) is 5.91 Å². The SMILES string of the molecule is CCCCOc1ccc(-c2cc3c(N4CCC(C(=O)N[C@H](C)c5ccccc5)CC4)nccn3n2)cc1. The fourth-order valence-corrected chi connectivity index (χ4v) is 4.86. The Morgan fingerprint density at radius 3 is 2.59 bits per heavy atom. The molecule has 0 radical (unpaired) electrons. The highest BCUT2D eigenvalue weighted by molar-refractivity contribution is 5.80. The number of amides is 1. The van der Waals surface area contributed by atoms with Gasteiger partial charge in [0, 0.05) is 37.0 Å². The Morgan fingerprint density at radius 2 is 1.86 bits per heavy atom. The van der Waals surface area contributed by atoms with Crippen LogP contribution in [0.4, 0.5) is 5.82 Å². The summed E-state index contributed by atoms with van der Waals surface area (Å²) >= 11 is 0. The van der Waals surface area contributed by atoms with Crippen LogP contribution in [0.3, 0.4) is 0 Å². The lowest BCUT2D eigenvalue weighted by molar-refractivity contribution is -0.126. The van der Waals surface area contributed by atoms with Gasteiger partial charge < -0.3 is 15.0 Å². The summed E-state index contributed by atoms with van der Waals surface area (Å²) in [5.74, 6) is 1.95. The standard InChI is InChI=1S/C30H35N5O2/c1-3-4-20-37-26-12-10-24(11-13-26)27-21-28-29(31-16-19-35(28)33-27)34-17-14-25(15-18-34)30(36)32-22(2)23-8-6-5-7-9-23/h5-13,16,19,21-22,25H,3-4,14-15,17-18,20H2,1-2H3,(H,32,36)/t22-/m1/s1. The Kier molecular flexibility index (Phi) is 7.68. The number of hydrogen-bond donors (Lipinski definition) is 1. The monoisotopic (exact) mass is 497 g/mol. The molecule has 2 aromatic carbocycles. The average Bonchev–Trinajstić information content (AvgIpc) is 3.39. The van der Waals surface area contributed by atoms with Gasteiger partial charge in [-0.25, -0.2) is 9.50 Å². The predicted molar refractivity (Wildman–Crippen MR) is 147 cm³/mol. The highest BCUT2D eigenvalue weighted by atomic mass is 16.5. The first-order valence-electron chi connectivity index (χ1n) is 13.3. The minimum atomic E-state index is 0.00401. The van der Waals surface area contributed by atoms with Gasteiger partial charge in [-0.3, -0.25) is 4.79 Å².